The second kappa shape index (κ2) is 5.05. The lowest BCUT2D eigenvalue weighted by Gasteiger charge is -1.99. The van der Waals surface area contributed by atoms with Crippen LogP contribution in [0.3, 0.4) is 0 Å². The van der Waals surface area contributed by atoms with Crippen LogP contribution in [0.5, 0.6) is 0 Å². The molecule has 0 unspecified atom stereocenters. The van der Waals surface area contributed by atoms with Gasteiger partial charge in [-0.05, 0) is 35.5 Å². The molecule has 5 nitrogen and oxygen atoms in total. The van der Waals surface area contributed by atoms with Crippen molar-refractivity contribution < 1.29 is 14.3 Å². The molecule has 0 saturated carbocycles. The van der Waals surface area contributed by atoms with Crippen molar-refractivity contribution in [2.24, 2.45) is 0 Å². The predicted octanol–water partition coefficient (Wildman–Crippen LogP) is 1.61. The molecule has 0 spiro atoms. The van der Waals surface area contributed by atoms with Gasteiger partial charge in [0.05, 0.1) is 17.6 Å². The molecule has 1 aliphatic heterocycles. The maximum Gasteiger partial charge on any atom is 0.337 e. The number of carbonyl (C=O) groups excluding carboxylic acids is 2. The van der Waals surface area contributed by atoms with Gasteiger partial charge in [0, 0.05) is 0 Å². The number of amides is 1. The summed E-state index contributed by atoms with van der Waals surface area (Å²) < 4.78 is 4.59. The summed E-state index contributed by atoms with van der Waals surface area (Å²) in [6.07, 6.45) is 1.67. The molecule has 1 aliphatic rings. The average molecular weight is 262 g/mol. The van der Waals surface area contributed by atoms with Gasteiger partial charge >= 0.3 is 5.97 Å². The maximum absolute atomic E-state index is 11.4. The number of esters is 1. The second-order valence-corrected chi connectivity index (χ2v) is 4.56. The van der Waals surface area contributed by atoms with E-state index < -0.39 is 5.97 Å². The molecule has 2 N–H and O–H groups in total. The van der Waals surface area contributed by atoms with Crippen molar-refractivity contribution in [2.45, 2.75) is 0 Å². The zero-order valence-electron chi connectivity index (χ0n) is 9.52. The first-order valence-corrected chi connectivity index (χ1v) is 5.89. The number of benzene rings is 1. The van der Waals surface area contributed by atoms with Gasteiger partial charge in [0.25, 0.3) is 5.91 Å². The van der Waals surface area contributed by atoms with Gasteiger partial charge in [0.1, 0.15) is 0 Å². The van der Waals surface area contributed by atoms with Crippen LogP contribution < -0.4 is 5.32 Å². The van der Waals surface area contributed by atoms with Gasteiger partial charge < -0.3 is 10.1 Å². The van der Waals surface area contributed by atoms with Gasteiger partial charge in [-0.3, -0.25) is 10.2 Å². The zero-order chi connectivity index (χ0) is 13.1. The van der Waals surface area contributed by atoms with Crippen LogP contribution in [0.1, 0.15) is 15.9 Å². The Labute approximate surface area is 108 Å². The molecule has 0 radical (unpaired) electrons. The first-order valence-electron chi connectivity index (χ1n) is 5.08. The summed E-state index contributed by atoms with van der Waals surface area (Å²) in [4.78, 5) is 23.1. The number of thioether (sulfide) groups is 1. The van der Waals surface area contributed by atoms with Gasteiger partial charge in [0.15, 0.2) is 5.17 Å². The fraction of sp³-hybridized carbons (Fsp3) is 0.0833. The first-order chi connectivity index (χ1) is 8.60. The zero-order valence-corrected chi connectivity index (χ0v) is 10.3. The number of rotatable bonds is 2. The lowest BCUT2D eigenvalue weighted by molar-refractivity contribution is -0.115. The molecule has 1 heterocycles. The lowest BCUT2D eigenvalue weighted by Crippen LogP contribution is -2.18. The smallest absolute Gasteiger partial charge is 0.337 e. The summed E-state index contributed by atoms with van der Waals surface area (Å²) in [5, 5.41) is 9.83. The van der Waals surface area contributed by atoms with E-state index in [2.05, 4.69) is 10.1 Å². The van der Waals surface area contributed by atoms with Crippen molar-refractivity contribution in [2.75, 3.05) is 7.11 Å². The number of ether oxygens (including phenoxy) is 1. The molecule has 1 aromatic carbocycles. The second-order valence-electron chi connectivity index (χ2n) is 3.51. The van der Waals surface area contributed by atoms with Crippen molar-refractivity contribution in [3.05, 3.63) is 40.3 Å². The van der Waals surface area contributed by atoms with E-state index in [0.29, 0.717) is 10.5 Å². The van der Waals surface area contributed by atoms with E-state index >= 15 is 0 Å². The molecule has 0 aromatic heterocycles. The third-order valence-electron chi connectivity index (χ3n) is 2.29. The fourth-order valence-electron chi connectivity index (χ4n) is 1.43. The van der Waals surface area contributed by atoms with Crippen molar-refractivity contribution >= 4 is 34.9 Å². The van der Waals surface area contributed by atoms with Gasteiger partial charge in [-0.25, -0.2) is 4.79 Å². The molecule has 0 bridgehead atoms. The highest BCUT2D eigenvalue weighted by molar-refractivity contribution is 8.18. The van der Waals surface area contributed by atoms with Crippen LogP contribution in [0.4, 0.5) is 0 Å². The number of nitrogens with one attached hydrogen (secondary N) is 2. The molecular weight excluding hydrogens is 252 g/mol. The largest absolute Gasteiger partial charge is 0.465 e. The molecule has 1 saturated heterocycles. The van der Waals surface area contributed by atoms with Crippen LogP contribution in [-0.2, 0) is 9.53 Å². The van der Waals surface area contributed by atoms with Crippen LogP contribution >= 0.6 is 11.8 Å². The topological polar surface area (TPSA) is 79.2 Å². The Kier molecular flexibility index (Phi) is 3.47. The molecule has 2 rings (SSSR count). The Hall–Kier alpha value is -2.08. The Balaban J connectivity index is 2.21. The van der Waals surface area contributed by atoms with Gasteiger partial charge in [-0.2, -0.15) is 0 Å². The van der Waals surface area contributed by atoms with E-state index in [9.17, 15) is 9.59 Å². The summed E-state index contributed by atoms with van der Waals surface area (Å²) in [5.41, 5.74) is 1.24. The molecule has 1 aromatic rings. The molecule has 6 heteroatoms. The molecule has 0 aliphatic carbocycles. The minimum atomic E-state index is -0.399. The minimum absolute atomic E-state index is 0.123. The van der Waals surface area contributed by atoms with Gasteiger partial charge in [0.2, 0.25) is 0 Å². The highest BCUT2D eigenvalue weighted by Crippen LogP contribution is 2.24. The van der Waals surface area contributed by atoms with E-state index in [1.165, 1.54) is 7.11 Å². The highest BCUT2D eigenvalue weighted by atomic mass is 32.2. The van der Waals surface area contributed by atoms with Crippen LogP contribution in [0, 0.1) is 5.41 Å². The SMILES string of the molecule is COC(=O)c1ccc(/C=C2\SC(=N)NC2=O)cc1. The van der Waals surface area contributed by atoms with E-state index in [1.54, 1.807) is 30.3 Å². The maximum atomic E-state index is 11.4. The molecule has 0 atom stereocenters. The van der Waals surface area contributed by atoms with Crippen molar-refractivity contribution in [3.8, 4) is 0 Å². The number of carbonyl (C=O) groups is 2. The highest BCUT2D eigenvalue weighted by Gasteiger charge is 2.22. The summed E-state index contributed by atoms with van der Waals surface area (Å²) >= 11 is 1.08. The summed E-state index contributed by atoms with van der Waals surface area (Å²) in [6.45, 7) is 0. The van der Waals surface area contributed by atoms with Crippen LogP contribution in [0.25, 0.3) is 6.08 Å². The third-order valence-corrected chi connectivity index (χ3v) is 3.12. The summed E-state index contributed by atoms with van der Waals surface area (Å²) in [6, 6.07) is 6.69. The van der Waals surface area contributed by atoms with Crippen molar-refractivity contribution in [1.82, 2.24) is 5.32 Å². The Bertz CT molecular complexity index is 549. The molecule has 1 amide bonds. The first kappa shape index (κ1) is 12.4. The standard InChI is InChI=1S/C12H10N2O3S/c1-17-11(16)8-4-2-7(3-5-8)6-9-10(15)14-12(13)18-9/h2-6H,1H3,(H2,13,14,15)/b9-6-. The monoisotopic (exact) mass is 262 g/mol. The number of methoxy groups -OCH3 is 1. The van der Waals surface area contributed by atoms with Gasteiger partial charge in [-0.15, -0.1) is 0 Å². The van der Waals surface area contributed by atoms with Crippen LogP contribution in [0.15, 0.2) is 29.2 Å². The van der Waals surface area contributed by atoms with Crippen molar-refractivity contribution in [3.63, 3.8) is 0 Å². The lowest BCUT2D eigenvalue weighted by atomic mass is 10.1. The molecule has 92 valence electrons. The van der Waals surface area contributed by atoms with Crippen LogP contribution in [0.2, 0.25) is 0 Å². The van der Waals surface area contributed by atoms with Crippen molar-refractivity contribution in [1.29, 1.82) is 5.41 Å². The summed E-state index contributed by atoms with van der Waals surface area (Å²) in [5.74, 6) is -0.675. The molecule has 18 heavy (non-hydrogen) atoms. The Morgan fingerprint density at radius 2 is 2.06 bits per heavy atom. The normalized spacial score (nSPS) is 16.8. The Morgan fingerprint density at radius 1 is 1.39 bits per heavy atom. The van der Waals surface area contributed by atoms with E-state index in [4.69, 9.17) is 5.41 Å². The predicted molar refractivity (Wildman–Crippen MR) is 69.2 cm³/mol. The third kappa shape index (κ3) is 2.60. The van der Waals surface area contributed by atoms with E-state index in [1.807, 2.05) is 0 Å². The fourth-order valence-corrected chi connectivity index (χ4v) is 2.13. The molecular formula is C12H10N2O3S. The quantitative estimate of drug-likeness (QED) is 0.627. The van der Waals surface area contributed by atoms with E-state index in [0.717, 1.165) is 17.3 Å². The number of amidine groups is 1. The average Bonchev–Trinajstić information content (AvgIpc) is 2.68. The van der Waals surface area contributed by atoms with Gasteiger partial charge in [-0.1, -0.05) is 12.1 Å². The summed E-state index contributed by atoms with van der Waals surface area (Å²) in [7, 11) is 1.32. The Morgan fingerprint density at radius 3 is 2.56 bits per heavy atom. The van der Waals surface area contributed by atoms with Crippen LogP contribution in [-0.4, -0.2) is 24.2 Å². The molecule has 1 fully saturated rings. The minimum Gasteiger partial charge on any atom is -0.465 e. The number of hydrogen-bond acceptors (Lipinski definition) is 5. The number of hydrogen-bond donors (Lipinski definition) is 2. The van der Waals surface area contributed by atoms with E-state index in [-0.39, 0.29) is 11.1 Å².